The van der Waals surface area contributed by atoms with E-state index in [1.807, 2.05) is 0 Å². The molecule has 0 unspecified atom stereocenters. The van der Waals surface area contributed by atoms with E-state index in [0.717, 1.165) is 0 Å². The molecule has 1 aromatic carbocycles. The van der Waals surface area contributed by atoms with Gasteiger partial charge < -0.3 is 5.11 Å². The quantitative estimate of drug-likeness (QED) is 0.522. The number of halogens is 6. The van der Waals surface area contributed by atoms with Crippen LogP contribution in [-0.2, 0) is 6.18 Å². The van der Waals surface area contributed by atoms with E-state index in [1.54, 1.807) is 0 Å². The summed E-state index contributed by atoms with van der Waals surface area (Å²) in [7, 11) is 0. The minimum atomic E-state index is -5.34. The lowest BCUT2D eigenvalue weighted by Gasteiger charge is -2.09. The molecule has 0 saturated carbocycles. The molecule has 0 aliphatic heterocycles. The molecule has 1 aromatic rings. The fourth-order valence-corrected chi connectivity index (χ4v) is 0.842. The Bertz CT molecular complexity index is 369. The predicted octanol–water partition coefficient (Wildman–Crippen LogP) is 2.83. The predicted molar refractivity (Wildman–Crippen MR) is 33.0 cm³/mol. The number of phenols is 1. The fourth-order valence-electron chi connectivity index (χ4n) is 0.842. The molecule has 7 heteroatoms. The summed E-state index contributed by atoms with van der Waals surface area (Å²) in [6.07, 6.45) is -5.34. The van der Waals surface area contributed by atoms with Crippen molar-refractivity contribution in [1.82, 2.24) is 0 Å². The number of alkyl halides is 3. The molecule has 0 saturated heterocycles. The van der Waals surface area contributed by atoms with Crippen LogP contribution in [0.15, 0.2) is 6.07 Å². The van der Waals surface area contributed by atoms with E-state index in [1.165, 1.54) is 0 Å². The third-order valence-corrected chi connectivity index (χ3v) is 1.42. The zero-order valence-corrected chi connectivity index (χ0v) is 6.29. The lowest BCUT2D eigenvalue weighted by Crippen LogP contribution is -2.12. The molecule has 0 atom stereocenters. The summed E-state index contributed by atoms with van der Waals surface area (Å²) >= 11 is 0. The lowest BCUT2D eigenvalue weighted by molar-refractivity contribution is -0.142. The Morgan fingerprint density at radius 2 is 1.50 bits per heavy atom. The van der Waals surface area contributed by atoms with Crippen LogP contribution in [0.4, 0.5) is 26.3 Å². The number of hydrogen-bond acceptors (Lipinski definition) is 1. The molecule has 14 heavy (non-hydrogen) atoms. The van der Waals surface area contributed by atoms with Gasteiger partial charge in [0.2, 0.25) is 5.82 Å². The normalized spacial score (nSPS) is 11.9. The van der Waals surface area contributed by atoms with Crippen LogP contribution in [0.3, 0.4) is 0 Å². The zero-order valence-electron chi connectivity index (χ0n) is 6.29. The van der Waals surface area contributed by atoms with Crippen molar-refractivity contribution in [3.63, 3.8) is 0 Å². The van der Waals surface area contributed by atoms with E-state index in [-0.39, 0.29) is 6.07 Å². The summed E-state index contributed by atoms with van der Waals surface area (Å²) in [5.74, 6) is -8.14. The van der Waals surface area contributed by atoms with E-state index in [4.69, 9.17) is 5.11 Å². The molecule has 0 aromatic heterocycles. The number of rotatable bonds is 0. The van der Waals surface area contributed by atoms with Crippen molar-refractivity contribution in [2.75, 3.05) is 0 Å². The lowest BCUT2D eigenvalue weighted by atomic mass is 10.1. The highest BCUT2D eigenvalue weighted by molar-refractivity contribution is 5.32. The Balaban J connectivity index is 3.53. The fraction of sp³-hybridized carbons (Fsp3) is 0.143. The van der Waals surface area contributed by atoms with Crippen molar-refractivity contribution in [3.05, 3.63) is 29.1 Å². The SMILES string of the molecule is Oc1cc(F)c(C(F)(F)F)c(F)c1F. The second kappa shape index (κ2) is 3.07. The van der Waals surface area contributed by atoms with Crippen molar-refractivity contribution >= 4 is 0 Å². The van der Waals surface area contributed by atoms with E-state index in [2.05, 4.69) is 0 Å². The molecule has 0 spiro atoms. The first-order valence-electron chi connectivity index (χ1n) is 3.18. The third-order valence-electron chi connectivity index (χ3n) is 1.42. The molecule has 0 aliphatic rings. The third kappa shape index (κ3) is 1.61. The van der Waals surface area contributed by atoms with Gasteiger partial charge in [0.15, 0.2) is 11.6 Å². The van der Waals surface area contributed by atoms with E-state index < -0.39 is 34.9 Å². The zero-order chi connectivity index (χ0) is 11.1. The molecule has 1 rings (SSSR count). The van der Waals surface area contributed by atoms with E-state index in [0.29, 0.717) is 0 Å². The highest BCUT2D eigenvalue weighted by Crippen LogP contribution is 2.36. The van der Waals surface area contributed by atoms with Gasteiger partial charge in [0.25, 0.3) is 0 Å². The molecule has 0 heterocycles. The Kier molecular flexibility index (Phi) is 2.34. The molecule has 0 radical (unpaired) electrons. The monoisotopic (exact) mass is 216 g/mol. The molecule has 1 nitrogen and oxygen atoms in total. The summed E-state index contributed by atoms with van der Waals surface area (Å²) in [4.78, 5) is 0. The number of phenolic OH excluding ortho intramolecular Hbond substituents is 1. The molecule has 78 valence electrons. The molecule has 0 aliphatic carbocycles. The topological polar surface area (TPSA) is 20.2 Å². The number of aromatic hydroxyl groups is 1. The summed E-state index contributed by atoms with van der Waals surface area (Å²) in [5.41, 5.74) is -2.35. The molecule has 1 N–H and O–H groups in total. The minimum absolute atomic E-state index is 0.138. The second-order valence-corrected chi connectivity index (χ2v) is 2.38. The maximum Gasteiger partial charge on any atom is 0.422 e. The number of benzene rings is 1. The van der Waals surface area contributed by atoms with Gasteiger partial charge in [-0.05, 0) is 0 Å². The van der Waals surface area contributed by atoms with Crippen LogP contribution >= 0.6 is 0 Å². The highest BCUT2D eigenvalue weighted by Gasteiger charge is 2.39. The average Bonchev–Trinajstić information content (AvgIpc) is 1.97. The molecule has 0 amide bonds. The Morgan fingerprint density at radius 3 is 1.93 bits per heavy atom. The largest absolute Gasteiger partial charge is 0.505 e. The molecular weight excluding hydrogens is 214 g/mol. The smallest absolute Gasteiger partial charge is 0.422 e. The van der Waals surface area contributed by atoms with Crippen molar-refractivity contribution in [3.8, 4) is 5.75 Å². The number of hydrogen-bond donors (Lipinski definition) is 1. The maximum atomic E-state index is 12.5. The molecule has 0 fully saturated rings. The summed E-state index contributed by atoms with van der Waals surface area (Å²) < 4.78 is 73.1. The van der Waals surface area contributed by atoms with Crippen molar-refractivity contribution in [2.45, 2.75) is 6.18 Å². The van der Waals surface area contributed by atoms with E-state index in [9.17, 15) is 26.3 Å². The van der Waals surface area contributed by atoms with Gasteiger partial charge in [-0.25, -0.2) is 8.78 Å². The van der Waals surface area contributed by atoms with Gasteiger partial charge in [0.1, 0.15) is 11.4 Å². The van der Waals surface area contributed by atoms with Crippen molar-refractivity contribution in [2.24, 2.45) is 0 Å². The first kappa shape index (κ1) is 10.7. The van der Waals surface area contributed by atoms with Crippen molar-refractivity contribution < 1.29 is 31.4 Å². The summed E-state index contributed by atoms with van der Waals surface area (Å²) in [6.45, 7) is 0. The molecular formula is C7H2F6O. The first-order valence-corrected chi connectivity index (χ1v) is 3.18. The van der Waals surface area contributed by atoms with Crippen LogP contribution in [0.2, 0.25) is 0 Å². The standard InChI is InChI=1S/C7H2F6O/c8-2-1-3(14)5(9)6(10)4(2)7(11,12)13/h1,14H. The van der Waals surface area contributed by atoms with Gasteiger partial charge in [0.05, 0.1) is 0 Å². The van der Waals surface area contributed by atoms with Gasteiger partial charge in [0, 0.05) is 6.07 Å². The van der Waals surface area contributed by atoms with Gasteiger partial charge in [-0.2, -0.15) is 17.6 Å². The molecule has 0 bridgehead atoms. The van der Waals surface area contributed by atoms with Crippen LogP contribution in [0.5, 0.6) is 5.75 Å². The van der Waals surface area contributed by atoms with Crippen LogP contribution in [0.25, 0.3) is 0 Å². The van der Waals surface area contributed by atoms with E-state index >= 15 is 0 Å². The van der Waals surface area contributed by atoms with Crippen LogP contribution in [0.1, 0.15) is 5.56 Å². The minimum Gasteiger partial charge on any atom is -0.505 e. The van der Waals surface area contributed by atoms with Crippen molar-refractivity contribution in [1.29, 1.82) is 0 Å². The van der Waals surface area contributed by atoms with Crippen LogP contribution < -0.4 is 0 Å². The Labute approximate surface area is 73.6 Å². The first-order chi connectivity index (χ1) is 6.25. The summed E-state index contributed by atoms with van der Waals surface area (Å²) in [5, 5.41) is 8.45. The highest BCUT2D eigenvalue weighted by atomic mass is 19.4. The average molecular weight is 216 g/mol. The maximum absolute atomic E-state index is 12.5. The Morgan fingerprint density at radius 1 is 1.00 bits per heavy atom. The van der Waals surface area contributed by atoms with Crippen LogP contribution in [0, 0.1) is 17.5 Å². The van der Waals surface area contributed by atoms with Gasteiger partial charge in [-0.15, -0.1) is 0 Å². The second-order valence-electron chi connectivity index (χ2n) is 2.38. The Hall–Kier alpha value is -1.40. The van der Waals surface area contributed by atoms with Crippen LogP contribution in [-0.4, -0.2) is 5.11 Å². The summed E-state index contributed by atoms with van der Waals surface area (Å²) in [6, 6.07) is -0.138. The van der Waals surface area contributed by atoms with Gasteiger partial charge in [-0.1, -0.05) is 0 Å². The van der Waals surface area contributed by atoms with Gasteiger partial charge in [-0.3, -0.25) is 0 Å². The van der Waals surface area contributed by atoms with Gasteiger partial charge >= 0.3 is 6.18 Å².